The van der Waals surface area contributed by atoms with Crippen molar-refractivity contribution in [3.8, 4) is 0 Å². The van der Waals surface area contributed by atoms with Gasteiger partial charge in [-0.2, -0.15) is 5.10 Å². The van der Waals surface area contributed by atoms with E-state index in [1.54, 1.807) is 0 Å². The maximum absolute atomic E-state index is 4.66. The molecular weight excluding hydrogens is 200 g/mol. The number of hydrogen-bond donors (Lipinski definition) is 1. The molecule has 3 rings (SSSR count). The van der Waals surface area contributed by atoms with E-state index >= 15 is 0 Å². The molecule has 3 heterocycles. The first-order valence-corrected chi connectivity index (χ1v) is 6.36. The van der Waals surface area contributed by atoms with Crippen LogP contribution in [0.4, 0.5) is 5.82 Å². The quantitative estimate of drug-likeness (QED) is 0.768. The van der Waals surface area contributed by atoms with Gasteiger partial charge in [-0.25, -0.2) is 0 Å². The minimum atomic E-state index is 0.995. The Balaban J connectivity index is 1.95. The van der Waals surface area contributed by atoms with Crippen LogP contribution in [0.2, 0.25) is 0 Å². The monoisotopic (exact) mass is 220 g/mol. The molecule has 16 heavy (non-hydrogen) atoms. The van der Waals surface area contributed by atoms with Crippen molar-refractivity contribution in [2.45, 2.75) is 32.2 Å². The Hall–Kier alpha value is -1.03. The maximum atomic E-state index is 4.66. The van der Waals surface area contributed by atoms with E-state index in [-0.39, 0.29) is 0 Å². The first kappa shape index (κ1) is 10.1. The van der Waals surface area contributed by atoms with E-state index in [9.17, 15) is 0 Å². The maximum Gasteiger partial charge on any atom is 0.131 e. The number of hydrogen-bond acceptors (Lipinski definition) is 3. The number of aromatic nitrogens is 2. The minimum Gasteiger partial charge on any atom is -0.357 e. The first-order chi connectivity index (χ1) is 7.86. The molecule has 0 bridgehead atoms. The molecule has 1 aromatic rings. The summed E-state index contributed by atoms with van der Waals surface area (Å²) >= 11 is 0. The van der Waals surface area contributed by atoms with E-state index in [0.29, 0.717) is 0 Å². The third-order valence-corrected chi connectivity index (χ3v) is 3.69. The summed E-state index contributed by atoms with van der Waals surface area (Å²) in [4.78, 5) is 2.52. The number of rotatable bonds is 1. The van der Waals surface area contributed by atoms with Crippen molar-refractivity contribution in [3.63, 3.8) is 0 Å². The summed E-state index contributed by atoms with van der Waals surface area (Å²) in [5, 5.41) is 8.12. The lowest BCUT2D eigenvalue weighted by Crippen LogP contribution is -2.33. The first-order valence-electron chi connectivity index (χ1n) is 6.36. The molecule has 4 nitrogen and oxygen atoms in total. The summed E-state index contributed by atoms with van der Waals surface area (Å²) in [6.07, 6.45) is 5.12. The van der Waals surface area contributed by atoms with E-state index in [2.05, 4.69) is 27.0 Å². The third-order valence-electron chi connectivity index (χ3n) is 3.69. The highest BCUT2D eigenvalue weighted by molar-refractivity contribution is 5.51. The van der Waals surface area contributed by atoms with Gasteiger partial charge in [0.1, 0.15) is 5.82 Å². The standard InChI is InChI=1S/C12H20N4/c1-15-12(16-7-3-2-4-8-16)10-9-13-6-5-11(10)14-15/h13H,2-9H2,1H3. The highest BCUT2D eigenvalue weighted by Crippen LogP contribution is 2.27. The zero-order valence-electron chi connectivity index (χ0n) is 10.00. The van der Waals surface area contributed by atoms with Crippen LogP contribution in [0, 0.1) is 0 Å². The van der Waals surface area contributed by atoms with Crippen molar-refractivity contribution in [3.05, 3.63) is 11.3 Å². The van der Waals surface area contributed by atoms with Gasteiger partial charge in [0.2, 0.25) is 0 Å². The lowest BCUT2D eigenvalue weighted by atomic mass is 10.1. The van der Waals surface area contributed by atoms with E-state index < -0.39 is 0 Å². The second-order valence-electron chi connectivity index (χ2n) is 4.85. The molecule has 0 amide bonds. The zero-order valence-corrected chi connectivity index (χ0v) is 10.00. The smallest absolute Gasteiger partial charge is 0.131 e. The molecule has 0 unspecified atom stereocenters. The second-order valence-corrected chi connectivity index (χ2v) is 4.85. The fourth-order valence-electron chi connectivity index (χ4n) is 2.92. The van der Waals surface area contributed by atoms with Crippen molar-refractivity contribution in [1.29, 1.82) is 0 Å². The molecule has 0 saturated carbocycles. The molecule has 1 aromatic heterocycles. The van der Waals surface area contributed by atoms with Gasteiger partial charge in [0.15, 0.2) is 0 Å². The number of piperidine rings is 1. The fraction of sp³-hybridized carbons (Fsp3) is 0.750. The molecule has 0 aromatic carbocycles. The highest BCUT2D eigenvalue weighted by Gasteiger charge is 2.23. The largest absolute Gasteiger partial charge is 0.357 e. The van der Waals surface area contributed by atoms with Gasteiger partial charge in [0, 0.05) is 45.2 Å². The van der Waals surface area contributed by atoms with Crippen molar-refractivity contribution in [2.75, 3.05) is 24.5 Å². The van der Waals surface area contributed by atoms with Crippen molar-refractivity contribution < 1.29 is 0 Å². The lowest BCUT2D eigenvalue weighted by molar-refractivity contribution is 0.558. The van der Waals surface area contributed by atoms with E-state index in [4.69, 9.17) is 0 Å². The van der Waals surface area contributed by atoms with Gasteiger partial charge in [-0.05, 0) is 19.3 Å². The SMILES string of the molecule is Cn1nc2c(c1N1CCCCC1)CNCC2. The molecule has 0 atom stereocenters. The Morgan fingerprint density at radius 2 is 2.00 bits per heavy atom. The molecule has 2 aliphatic heterocycles. The Morgan fingerprint density at radius 3 is 2.81 bits per heavy atom. The zero-order chi connectivity index (χ0) is 11.0. The normalized spacial score (nSPS) is 20.9. The van der Waals surface area contributed by atoms with Gasteiger partial charge in [-0.3, -0.25) is 4.68 Å². The lowest BCUT2D eigenvalue weighted by Gasteiger charge is -2.30. The molecule has 0 spiro atoms. The van der Waals surface area contributed by atoms with Crippen LogP contribution in [-0.2, 0) is 20.0 Å². The predicted molar refractivity (Wildman–Crippen MR) is 64.7 cm³/mol. The molecule has 0 aliphatic carbocycles. The summed E-state index contributed by atoms with van der Waals surface area (Å²) in [5.74, 6) is 1.36. The molecule has 1 fully saturated rings. The molecule has 1 N–H and O–H groups in total. The average molecular weight is 220 g/mol. The predicted octanol–water partition coefficient (Wildman–Crippen LogP) is 1.06. The van der Waals surface area contributed by atoms with Crippen LogP contribution in [0.15, 0.2) is 0 Å². The average Bonchev–Trinajstić information content (AvgIpc) is 2.66. The Labute approximate surface area is 96.6 Å². The van der Waals surface area contributed by atoms with Crippen molar-refractivity contribution in [1.82, 2.24) is 15.1 Å². The Kier molecular flexibility index (Phi) is 2.59. The van der Waals surface area contributed by atoms with Gasteiger partial charge >= 0.3 is 0 Å². The van der Waals surface area contributed by atoms with Gasteiger partial charge in [-0.1, -0.05) is 0 Å². The van der Waals surface area contributed by atoms with E-state index in [0.717, 1.165) is 19.5 Å². The Bertz CT molecular complexity index is 377. The number of anilines is 1. The van der Waals surface area contributed by atoms with Crippen LogP contribution in [0.1, 0.15) is 30.5 Å². The van der Waals surface area contributed by atoms with Crippen LogP contribution >= 0.6 is 0 Å². The fourth-order valence-corrected chi connectivity index (χ4v) is 2.92. The summed E-state index contributed by atoms with van der Waals surface area (Å²) < 4.78 is 2.09. The Morgan fingerprint density at radius 1 is 1.19 bits per heavy atom. The van der Waals surface area contributed by atoms with Crippen molar-refractivity contribution in [2.24, 2.45) is 7.05 Å². The molecule has 2 aliphatic rings. The van der Waals surface area contributed by atoms with Crippen LogP contribution in [0.25, 0.3) is 0 Å². The van der Waals surface area contributed by atoms with Gasteiger partial charge in [-0.15, -0.1) is 0 Å². The van der Waals surface area contributed by atoms with Gasteiger partial charge in [0.05, 0.1) is 5.69 Å². The number of nitrogens with one attached hydrogen (secondary N) is 1. The summed E-state index contributed by atoms with van der Waals surface area (Å²) in [6, 6.07) is 0. The topological polar surface area (TPSA) is 33.1 Å². The van der Waals surface area contributed by atoms with Crippen LogP contribution < -0.4 is 10.2 Å². The molecule has 4 heteroatoms. The summed E-state index contributed by atoms with van der Waals surface area (Å²) in [6.45, 7) is 4.47. The van der Waals surface area contributed by atoms with Crippen LogP contribution in [-0.4, -0.2) is 29.4 Å². The van der Waals surface area contributed by atoms with Crippen LogP contribution in [0.3, 0.4) is 0 Å². The molecule has 0 radical (unpaired) electrons. The second kappa shape index (κ2) is 4.09. The summed E-state index contributed by atoms with van der Waals surface area (Å²) in [5.41, 5.74) is 2.75. The van der Waals surface area contributed by atoms with E-state index in [1.165, 1.54) is 49.4 Å². The van der Waals surface area contributed by atoms with Crippen molar-refractivity contribution >= 4 is 5.82 Å². The number of nitrogens with zero attached hydrogens (tertiary/aromatic N) is 3. The molecule has 88 valence electrons. The van der Waals surface area contributed by atoms with Gasteiger partial charge in [0.25, 0.3) is 0 Å². The third kappa shape index (κ3) is 1.61. The number of fused-ring (bicyclic) bond motifs is 1. The van der Waals surface area contributed by atoms with E-state index in [1.807, 2.05) is 0 Å². The van der Waals surface area contributed by atoms with Gasteiger partial charge < -0.3 is 10.2 Å². The van der Waals surface area contributed by atoms with Crippen LogP contribution in [0.5, 0.6) is 0 Å². The highest BCUT2D eigenvalue weighted by atomic mass is 15.4. The minimum absolute atomic E-state index is 0.995. The number of aryl methyl sites for hydroxylation is 1. The molecule has 1 saturated heterocycles. The molecular formula is C12H20N4. The summed E-state index contributed by atoms with van der Waals surface area (Å²) in [7, 11) is 2.09.